The van der Waals surface area contributed by atoms with E-state index in [0.29, 0.717) is 12.8 Å². The van der Waals surface area contributed by atoms with Gasteiger partial charge in [-0.15, -0.1) is 0 Å². The zero-order chi connectivity index (χ0) is 48.6. The monoisotopic (exact) mass is 935 g/mol. The SMILES string of the molecule is CCCCC/C=C\C/C=C\C/C=C\C/C=C\CCCCCC(=O)O[C@H](COC(=O)CCCCCCC/C=C\C/C=C\CCCCC)COC(=O)CCCCCCCCCCCCCCCCC. The minimum Gasteiger partial charge on any atom is -0.462 e. The predicted molar refractivity (Wildman–Crippen MR) is 288 cm³/mol. The van der Waals surface area contributed by atoms with Crippen molar-refractivity contribution in [3.63, 3.8) is 0 Å². The van der Waals surface area contributed by atoms with E-state index in [4.69, 9.17) is 14.2 Å². The highest BCUT2D eigenvalue weighted by Gasteiger charge is 2.19. The lowest BCUT2D eigenvalue weighted by Crippen LogP contribution is -2.30. The number of rotatable bonds is 51. The highest BCUT2D eigenvalue weighted by Crippen LogP contribution is 2.15. The zero-order valence-electron chi connectivity index (χ0n) is 44.2. The van der Waals surface area contributed by atoms with E-state index in [2.05, 4.69) is 93.7 Å². The van der Waals surface area contributed by atoms with Gasteiger partial charge in [-0.3, -0.25) is 14.4 Å². The van der Waals surface area contributed by atoms with Crippen LogP contribution < -0.4 is 0 Å². The number of hydrogen-bond acceptors (Lipinski definition) is 6. The van der Waals surface area contributed by atoms with E-state index in [1.54, 1.807) is 0 Å². The molecular weight excluding hydrogens is 829 g/mol. The second-order valence-electron chi connectivity index (χ2n) is 18.8. The average Bonchev–Trinajstić information content (AvgIpc) is 3.33. The molecule has 67 heavy (non-hydrogen) atoms. The number of hydrogen-bond donors (Lipinski definition) is 0. The first-order valence-electron chi connectivity index (χ1n) is 28.4. The van der Waals surface area contributed by atoms with Crippen molar-refractivity contribution in [2.75, 3.05) is 13.2 Å². The molecule has 386 valence electrons. The van der Waals surface area contributed by atoms with Crippen LogP contribution in [-0.4, -0.2) is 37.2 Å². The van der Waals surface area contributed by atoms with Gasteiger partial charge >= 0.3 is 17.9 Å². The molecule has 0 aliphatic rings. The van der Waals surface area contributed by atoms with E-state index < -0.39 is 6.10 Å². The molecule has 0 N–H and O–H groups in total. The number of carbonyl (C=O) groups is 3. The first-order chi connectivity index (χ1) is 33.0. The Hall–Kier alpha value is -3.15. The molecule has 0 aromatic heterocycles. The lowest BCUT2D eigenvalue weighted by atomic mass is 10.0. The van der Waals surface area contributed by atoms with Gasteiger partial charge in [0.15, 0.2) is 6.10 Å². The summed E-state index contributed by atoms with van der Waals surface area (Å²) in [7, 11) is 0. The zero-order valence-corrected chi connectivity index (χ0v) is 44.2. The summed E-state index contributed by atoms with van der Waals surface area (Å²) < 4.78 is 16.8. The van der Waals surface area contributed by atoms with E-state index >= 15 is 0 Å². The third-order valence-corrected chi connectivity index (χ3v) is 12.2. The van der Waals surface area contributed by atoms with Gasteiger partial charge in [-0.2, -0.15) is 0 Å². The Morgan fingerprint density at radius 3 is 0.881 bits per heavy atom. The number of unbranched alkanes of at least 4 members (excludes halogenated alkanes) is 28. The van der Waals surface area contributed by atoms with Gasteiger partial charge < -0.3 is 14.2 Å². The van der Waals surface area contributed by atoms with Crippen LogP contribution in [0.2, 0.25) is 0 Å². The third-order valence-electron chi connectivity index (χ3n) is 12.2. The van der Waals surface area contributed by atoms with Crippen molar-refractivity contribution in [3.05, 3.63) is 72.9 Å². The minimum absolute atomic E-state index is 0.0909. The highest BCUT2D eigenvalue weighted by atomic mass is 16.6. The van der Waals surface area contributed by atoms with Crippen molar-refractivity contribution in [1.82, 2.24) is 0 Å². The molecule has 0 fully saturated rings. The van der Waals surface area contributed by atoms with Crippen LogP contribution in [-0.2, 0) is 28.6 Å². The Morgan fingerprint density at radius 2 is 0.537 bits per heavy atom. The molecule has 0 bridgehead atoms. The summed E-state index contributed by atoms with van der Waals surface area (Å²) in [6.07, 6.45) is 70.2. The number of esters is 3. The number of allylic oxidation sites excluding steroid dienone is 12. The van der Waals surface area contributed by atoms with Crippen molar-refractivity contribution in [2.45, 2.75) is 284 Å². The van der Waals surface area contributed by atoms with Gasteiger partial charge in [0.1, 0.15) is 13.2 Å². The molecule has 0 aliphatic heterocycles. The van der Waals surface area contributed by atoms with Gasteiger partial charge in [0.05, 0.1) is 0 Å². The fourth-order valence-electron chi connectivity index (χ4n) is 7.87. The van der Waals surface area contributed by atoms with Gasteiger partial charge in [0.2, 0.25) is 0 Å². The number of ether oxygens (including phenoxy) is 3. The van der Waals surface area contributed by atoms with E-state index in [1.807, 2.05) is 0 Å². The largest absolute Gasteiger partial charge is 0.462 e. The molecule has 0 aliphatic carbocycles. The van der Waals surface area contributed by atoms with Gasteiger partial charge in [-0.05, 0) is 96.3 Å². The van der Waals surface area contributed by atoms with Crippen molar-refractivity contribution in [1.29, 1.82) is 0 Å². The summed E-state index contributed by atoms with van der Waals surface area (Å²) in [4.78, 5) is 38.1. The second-order valence-corrected chi connectivity index (χ2v) is 18.8. The Bertz CT molecular complexity index is 1260. The molecule has 6 heteroatoms. The van der Waals surface area contributed by atoms with Crippen LogP contribution >= 0.6 is 0 Å². The van der Waals surface area contributed by atoms with Gasteiger partial charge in [0, 0.05) is 19.3 Å². The average molecular weight is 936 g/mol. The quantitative estimate of drug-likeness (QED) is 0.0262. The highest BCUT2D eigenvalue weighted by molar-refractivity contribution is 5.71. The summed E-state index contributed by atoms with van der Waals surface area (Å²) in [5.74, 6) is -0.928. The van der Waals surface area contributed by atoms with Crippen LogP contribution in [0.1, 0.15) is 278 Å². The molecule has 0 aromatic rings. The third kappa shape index (κ3) is 53.7. The molecule has 0 rings (SSSR count). The number of carbonyl (C=O) groups excluding carboxylic acids is 3. The first-order valence-corrected chi connectivity index (χ1v) is 28.4. The molecule has 0 saturated carbocycles. The smallest absolute Gasteiger partial charge is 0.306 e. The summed E-state index contributed by atoms with van der Waals surface area (Å²) in [5.41, 5.74) is 0. The maximum atomic E-state index is 12.8. The molecule has 1 atom stereocenters. The lowest BCUT2D eigenvalue weighted by molar-refractivity contribution is -0.167. The lowest BCUT2D eigenvalue weighted by Gasteiger charge is -2.18. The Labute approximate surface area is 414 Å². The summed E-state index contributed by atoms with van der Waals surface area (Å²) in [5, 5.41) is 0. The molecule has 0 aromatic carbocycles. The van der Waals surface area contributed by atoms with Crippen LogP contribution in [0.5, 0.6) is 0 Å². The van der Waals surface area contributed by atoms with E-state index in [1.165, 1.54) is 128 Å². The Kier molecular flexibility index (Phi) is 52.8. The Balaban J connectivity index is 4.46. The molecule has 0 saturated heterocycles. The van der Waals surface area contributed by atoms with E-state index in [0.717, 1.165) is 109 Å². The van der Waals surface area contributed by atoms with Crippen molar-refractivity contribution >= 4 is 17.9 Å². The summed E-state index contributed by atoms with van der Waals surface area (Å²) in [6, 6.07) is 0. The topological polar surface area (TPSA) is 78.9 Å². The molecule has 0 heterocycles. The van der Waals surface area contributed by atoms with Crippen LogP contribution in [0.25, 0.3) is 0 Å². The van der Waals surface area contributed by atoms with Gasteiger partial charge in [-0.25, -0.2) is 0 Å². The molecule has 0 spiro atoms. The van der Waals surface area contributed by atoms with E-state index in [-0.39, 0.29) is 37.5 Å². The predicted octanol–water partition coefficient (Wildman–Crippen LogP) is 19.0. The summed E-state index contributed by atoms with van der Waals surface area (Å²) >= 11 is 0. The molecule has 6 nitrogen and oxygen atoms in total. The first kappa shape index (κ1) is 63.8. The van der Waals surface area contributed by atoms with Gasteiger partial charge in [-0.1, -0.05) is 235 Å². The fourth-order valence-corrected chi connectivity index (χ4v) is 7.87. The van der Waals surface area contributed by atoms with Crippen LogP contribution in [0.4, 0.5) is 0 Å². The maximum Gasteiger partial charge on any atom is 0.306 e. The van der Waals surface area contributed by atoms with Crippen LogP contribution in [0.15, 0.2) is 72.9 Å². The Morgan fingerprint density at radius 1 is 0.299 bits per heavy atom. The molecular formula is C61H106O6. The standard InChI is InChI=1S/C61H106O6/c1-4-7-10-13-16-19-22-25-28-29-30-31-34-37-40-43-46-49-52-55-61(64)67-58(56-65-59(62)53-50-47-44-41-38-35-32-26-23-20-17-14-11-8-5-2)57-66-60(63)54-51-48-45-42-39-36-33-27-24-21-18-15-12-9-6-3/h16-17,19-20,25-26,28,30-32,37,40,58H,4-15,18,21-24,27,29,33-36,38-39,41-57H2,1-3H3/b19-16-,20-17-,28-25-,31-30-,32-26-,40-37-/t58-/m1/s1. The summed E-state index contributed by atoms with van der Waals surface area (Å²) in [6.45, 7) is 6.57. The minimum atomic E-state index is -0.797. The van der Waals surface area contributed by atoms with Gasteiger partial charge in [0.25, 0.3) is 0 Å². The second kappa shape index (κ2) is 55.4. The molecule has 0 unspecified atom stereocenters. The fraction of sp³-hybridized carbons (Fsp3) is 0.754. The van der Waals surface area contributed by atoms with E-state index in [9.17, 15) is 14.4 Å². The van der Waals surface area contributed by atoms with Crippen molar-refractivity contribution < 1.29 is 28.6 Å². The maximum absolute atomic E-state index is 12.8. The van der Waals surface area contributed by atoms with Crippen LogP contribution in [0, 0.1) is 0 Å². The molecule has 0 radical (unpaired) electrons. The molecule has 0 amide bonds. The van der Waals surface area contributed by atoms with Crippen molar-refractivity contribution in [2.24, 2.45) is 0 Å². The normalized spacial score (nSPS) is 12.6. The van der Waals surface area contributed by atoms with Crippen molar-refractivity contribution in [3.8, 4) is 0 Å². The van der Waals surface area contributed by atoms with Crippen LogP contribution in [0.3, 0.4) is 0 Å².